The third-order valence-electron chi connectivity index (χ3n) is 0.510. The largest absolute Gasteiger partial charge is 1.00 e. The van der Waals surface area contributed by atoms with E-state index in [1.54, 1.807) is 6.92 Å². The minimum atomic E-state index is -4.23. The van der Waals surface area contributed by atoms with Gasteiger partial charge in [-0.25, -0.2) is 8.42 Å². The molecule has 0 aliphatic heterocycles. The van der Waals surface area contributed by atoms with Crippen LogP contribution in [0.4, 0.5) is 0 Å². The molecule has 0 fully saturated rings. The Morgan fingerprint density at radius 2 is 2.00 bits per heavy atom. The van der Waals surface area contributed by atoms with E-state index in [0.717, 1.165) is 6.08 Å². The number of hydrogen-bond donors (Lipinski definition) is 0. The van der Waals surface area contributed by atoms with Gasteiger partial charge in [0.25, 0.3) is 0 Å². The van der Waals surface area contributed by atoms with E-state index in [-0.39, 0.29) is 29.6 Å². The fraction of sp³-hybridized carbons (Fsp3) is 0.500. The second kappa shape index (κ2) is 5.57. The first-order valence-electron chi connectivity index (χ1n) is 2.20. The third kappa shape index (κ3) is 11.7. The van der Waals surface area contributed by atoms with Gasteiger partial charge in [-0.15, -0.1) is 11.6 Å². The second-order valence-electron chi connectivity index (χ2n) is 1.50. The third-order valence-corrected chi connectivity index (χ3v) is 1.15. The molecule has 0 aromatic heterocycles. The van der Waals surface area contributed by atoms with Crippen molar-refractivity contribution in [3.05, 3.63) is 11.5 Å². The van der Waals surface area contributed by atoms with Gasteiger partial charge in [0.1, 0.15) is 10.1 Å². The Kier molecular flexibility index (Phi) is 7.54. The van der Waals surface area contributed by atoms with Crippen LogP contribution in [0.3, 0.4) is 0 Å². The molecular weight excluding hydrogens is 187 g/mol. The molecule has 0 heterocycles. The predicted molar refractivity (Wildman–Crippen MR) is 34.2 cm³/mol. The summed E-state index contributed by atoms with van der Waals surface area (Å²) in [6.07, 6.45) is 1.11. The maximum atomic E-state index is 9.83. The molecule has 0 aliphatic carbocycles. The summed E-state index contributed by atoms with van der Waals surface area (Å²) < 4.78 is 29.5. The first-order valence-corrected chi connectivity index (χ1v) is 4.11. The van der Waals surface area contributed by atoms with Crippen molar-refractivity contribution in [1.82, 2.24) is 0 Å². The molecule has 54 valence electrons. The van der Waals surface area contributed by atoms with Crippen molar-refractivity contribution in [2.24, 2.45) is 0 Å². The molecule has 0 aromatic carbocycles. The Labute approximate surface area is 87.5 Å². The van der Waals surface area contributed by atoms with E-state index in [9.17, 15) is 13.0 Å². The molecule has 0 spiro atoms. The Hall–Kier alpha value is 0.940. The van der Waals surface area contributed by atoms with Crippen molar-refractivity contribution < 1.29 is 42.5 Å². The normalized spacial score (nSPS) is 14.7. The average Bonchev–Trinajstić information content (AvgIpc) is 1.59. The zero-order valence-electron chi connectivity index (χ0n) is 5.74. The van der Waals surface area contributed by atoms with E-state index < -0.39 is 15.5 Å². The first-order chi connectivity index (χ1) is 3.92. The molecule has 1 unspecified atom stereocenters. The smallest absolute Gasteiger partial charge is 0.744 e. The van der Waals surface area contributed by atoms with Gasteiger partial charge < -0.3 is 4.55 Å². The van der Waals surface area contributed by atoms with Gasteiger partial charge in [0.15, 0.2) is 0 Å². The Bertz CT molecular complexity index is 197. The summed E-state index contributed by atoms with van der Waals surface area (Å²) in [5, 5.41) is 0.124. The molecule has 0 rings (SSSR count). The fourth-order valence-corrected chi connectivity index (χ4v) is 0.792. The van der Waals surface area contributed by atoms with Crippen LogP contribution in [-0.4, -0.2) is 18.3 Å². The summed E-state index contributed by atoms with van der Waals surface area (Å²) >= 11 is 5.29. The summed E-state index contributed by atoms with van der Waals surface area (Å²) in [6.45, 7) is 1.56. The van der Waals surface area contributed by atoms with Crippen molar-refractivity contribution in [2.75, 3.05) is 0 Å². The van der Waals surface area contributed by atoms with Crippen LogP contribution in [0, 0.1) is 0 Å². The van der Waals surface area contributed by atoms with Crippen LogP contribution >= 0.6 is 11.6 Å². The van der Waals surface area contributed by atoms with Gasteiger partial charge in [-0.05, 0) is 6.92 Å². The summed E-state index contributed by atoms with van der Waals surface area (Å²) in [5.41, 5.74) is 0. The minimum absolute atomic E-state index is 0. The van der Waals surface area contributed by atoms with Crippen LogP contribution < -0.4 is 29.6 Å². The molecular formula is C4H6ClNaO3S. The van der Waals surface area contributed by atoms with E-state index in [2.05, 4.69) is 0 Å². The maximum absolute atomic E-state index is 9.83. The topological polar surface area (TPSA) is 57.2 Å². The van der Waals surface area contributed by atoms with E-state index in [0.29, 0.717) is 5.41 Å². The number of alkyl halides is 1. The quantitative estimate of drug-likeness (QED) is 0.280. The molecule has 1 atom stereocenters. The standard InChI is InChI=1S/C4H7ClO3S.Na/c1-4(5)2-3-9(6,7)8;/h2-4H,1H3,(H,6,7,8);/q;+1/p-1. The van der Waals surface area contributed by atoms with Crippen LogP contribution in [0.1, 0.15) is 6.92 Å². The monoisotopic (exact) mass is 192 g/mol. The number of hydrogen-bond acceptors (Lipinski definition) is 3. The van der Waals surface area contributed by atoms with Crippen molar-refractivity contribution in [3.8, 4) is 0 Å². The van der Waals surface area contributed by atoms with Gasteiger partial charge in [0.2, 0.25) is 0 Å². The van der Waals surface area contributed by atoms with Gasteiger partial charge in [-0.1, -0.05) is 6.08 Å². The van der Waals surface area contributed by atoms with E-state index in [1.165, 1.54) is 0 Å². The maximum Gasteiger partial charge on any atom is 1.00 e. The van der Waals surface area contributed by atoms with Crippen molar-refractivity contribution in [2.45, 2.75) is 12.3 Å². The van der Waals surface area contributed by atoms with Gasteiger partial charge in [0.05, 0.1) is 0 Å². The first kappa shape index (κ1) is 13.5. The van der Waals surface area contributed by atoms with Crippen LogP contribution in [-0.2, 0) is 10.1 Å². The molecule has 0 radical (unpaired) electrons. The van der Waals surface area contributed by atoms with Crippen molar-refractivity contribution in [1.29, 1.82) is 0 Å². The molecule has 0 N–H and O–H groups in total. The minimum Gasteiger partial charge on any atom is -0.744 e. The van der Waals surface area contributed by atoms with Gasteiger partial charge in [-0.3, -0.25) is 0 Å². The zero-order chi connectivity index (χ0) is 7.49. The molecule has 6 heteroatoms. The van der Waals surface area contributed by atoms with Crippen LogP contribution in [0.5, 0.6) is 0 Å². The van der Waals surface area contributed by atoms with Crippen LogP contribution in [0.15, 0.2) is 11.5 Å². The number of allylic oxidation sites excluding steroid dienone is 1. The fourth-order valence-electron chi connectivity index (χ4n) is 0.204. The van der Waals surface area contributed by atoms with Gasteiger partial charge >= 0.3 is 29.6 Å². The zero-order valence-corrected chi connectivity index (χ0v) is 9.32. The van der Waals surface area contributed by atoms with Crippen LogP contribution in [0.2, 0.25) is 0 Å². The molecule has 0 aromatic rings. The van der Waals surface area contributed by atoms with E-state index >= 15 is 0 Å². The van der Waals surface area contributed by atoms with E-state index in [4.69, 9.17) is 11.6 Å². The molecule has 0 aliphatic rings. The summed E-state index contributed by atoms with van der Waals surface area (Å²) in [7, 11) is -4.23. The Balaban J connectivity index is 0. The van der Waals surface area contributed by atoms with Crippen LogP contribution in [0.25, 0.3) is 0 Å². The summed E-state index contributed by atoms with van der Waals surface area (Å²) in [4.78, 5) is 0. The average molecular weight is 193 g/mol. The van der Waals surface area contributed by atoms with E-state index in [1.807, 2.05) is 0 Å². The van der Waals surface area contributed by atoms with Gasteiger partial charge in [-0.2, -0.15) is 0 Å². The molecule has 0 amide bonds. The van der Waals surface area contributed by atoms with Gasteiger partial charge in [0, 0.05) is 10.8 Å². The number of rotatable bonds is 2. The molecule has 0 saturated carbocycles. The van der Waals surface area contributed by atoms with Crippen molar-refractivity contribution in [3.63, 3.8) is 0 Å². The second-order valence-corrected chi connectivity index (χ2v) is 3.45. The molecule has 0 saturated heterocycles. The summed E-state index contributed by atoms with van der Waals surface area (Å²) in [5.74, 6) is 0. The SMILES string of the molecule is CC(Cl)C=CS(=O)(=O)[O-].[Na+]. The molecule has 10 heavy (non-hydrogen) atoms. The number of halogens is 1. The summed E-state index contributed by atoms with van der Waals surface area (Å²) in [6, 6.07) is 0. The molecule has 3 nitrogen and oxygen atoms in total. The Morgan fingerprint density at radius 3 is 2.10 bits per heavy atom. The van der Waals surface area contributed by atoms with Crippen molar-refractivity contribution >= 4 is 21.7 Å². The predicted octanol–water partition coefficient (Wildman–Crippen LogP) is -2.32. The Morgan fingerprint density at radius 1 is 1.60 bits per heavy atom. The molecule has 0 bridgehead atoms.